The van der Waals surface area contributed by atoms with Crippen LogP contribution in [0.2, 0.25) is 0 Å². The smallest absolute Gasteiger partial charge is 0.159 e. The number of aliphatic imine (C=N–C) groups is 1. The highest BCUT2D eigenvalue weighted by atomic mass is 32.2. The van der Waals surface area contributed by atoms with Crippen LogP contribution < -0.4 is 0 Å². The van der Waals surface area contributed by atoms with Crippen LogP contribution >= 0.6 is 11.8 Å². The molecule has 1 aliphatic rings. The predicted molar refractivity (Wildman–Crippen MR) is 66.1 cm³/mol. The molecule has 0 aliphatic carbocycles. The number of thioether (sulfide) groups is 1. The van der Waals surface area contributed by atoms with Gasteiger partial charge in [-0.3, -0.25) is 4.99 Å². The Balaban J connectivity index is 2.65. The lowest BCUT2D eigenvalue weighted by molar-refractivity contribution is 0.240. The lowest BCUT2D eigenvalue weighted by Crippen LogP contribution is -2.42. The Hall–Kier alpha value is -0.180. The Kier molecular flexibility index (Phi) is 5.38. The van der Waals surface area contributed by atoms with Crippen LogP contribution in [-0.2, 0) is 0 Å². The molecule has 1 atom stereocenters. The van der Waals surface area contributed by atoms with Crippen LogP contribution in [0.25, 0.3) is 0 Å². The molecule has 1 fully saturated rings. The number of likely N-dealkylation sites (tertiary alicyclic amines) is 1. The molecule has 0 radical (unpaired) electrons. The molecule has 0 aromatic carbocycles. The highest BCUT2D eigenvalue weighted by Crippen LogP contribution is 2.22. The first-order valence-corrected chi connectivity index (χ1v) is 6.91. The second-order valence-corrected chi connectivity index (χ2v) is 4.49. The second kappa shape index (κ2) is 6.33. The van der Waals surface area contributed by atoms with E-state index in [1.54, 1.807) is 11.8 Å². The number of hydrogen-bond donors (Lipinski definition) is 0. The molecule has 1 saturated heterocycles. The molecular weight excluding hydrogens is 192 g/mol. The molecule has 1 heterocycles. The summed E-state index contributed by atoms with van der Waals surface area (Å²) in [6.45, 7) is 6.51. The van der Waals surface area contributed by atoms with E-state index in [2.05, 4.69) is 30.0 Å². The van der Waals surface area contributed by atoms with Gasteiger partial charge in [-0.1, -0.05) is 18.7 Å². The topological polar surface area (TPSA) is 15.6 Å². The zero-order valence-electron chi connectivity index (χ0n) is 9.62. The lowest BCUT2D eigenvalue weighted by Gasteiger charge is -2.37. The Morgan fingerprint density at radius 1 is 1.43 bits per heavy atom. The van der Waals surface area contributed by atoms with Gasteiger partial charge in [-0.2, -0.15) is 0 Å². The summed E-state index contributed by atoms with van der Waals surface area (Å²) in [5.74, 6) is 0. The van der Waals surface area contributed by atoms with Gasteiger partial charge in [-0.25, -0.2) is 0 Å². The van der Waals surface area contributed by atoms with Crippen molar-refractivity contribution >= 4 is 16.9 Å². The quantitative estimate of drug-likeness (QED) is 0.519. The standard InChI is InChI=1S/C11H22N2S/c1-4-10-8-6-7-9-13(10)11(14-3)12-5-2/h10H,4-9H2,1-3H3/b12-11-/t10-/m1/s1. The third-order valence-electron chi connectivity index (χ3n) is 2.82. The van der Waals surface area contributed by atoms with E-state index in [-0.39, 0.29) is 0 Å². The van der Waals surface area contributed by atoms with Crippen LogP contribution in [0.4, 0.5) is 0 Å². The Morgan fingerprint density at radius 3 is 2.79 bits per heavy atom. The van der Waals surface area contributed by atoms with Crippen LogP contribution in [0.5, 0.6) is 0 Å². The summed E-state index contributed by atoms with van der Waals surface area (Å²) < 4.78 is 0. The van der Waals surface area contributed by atoms with Gasteiger partial charge in [-0.05, 0) is 38.9 Å². The third-order valence-corrected chi connectivity index (χ3v) is 3.55. The van der Waals surface area contributed by atoms with E-state index in [0.29, 0.717) is 0 Å². The largest absolute Gasteiger partial charge is 0.349 e. The van der Waals surface area contributed by atoms with E-state index in [1.165, 1.54) is 37.4 Å². The van der Waals surface area contributed by atoms with Crippen molar-refractivity contribution in [2.75, 3.05) is 19.3 Å². The Morgan fingerprint density at radius 2 is 2.21 bits per heavy atom. The molecule has 14 heavy (non-hydrogen) atoms. The van der Waals surface area contributed by atoms with Crippen molar-refractivity contribution in [3.8, 4) is 0 Å². The van der Waals surface area contributed by atoms with Crippen molar-refractivity contribution in [2.45, 2.75) is 45.6 Å². The number of nitrogens with zero attached hydrogens (tertiary/aromatic N) is 2. The fraction of sp³-hybridized carbons (Fsp3) is 0.909. The molecule has 0 amide bonds. The van der Waals surface area contributed by atoms with Crippen molar-refractivity contribution in [3.05, 3.63) is 0 Å². The van der Waals surface area contributed by atoms with Crippen molar-refractivity contribution in [1.82, 2.24) is 4.90 Å². The van der Waals surface area contributed by atoms with Crippen LogP contribution in [0.3, 0.4) is 0 Å². The highest BCUT2D eigenvalue weighted by Gasteiger charge is 2.22. The average molecular weight is 214 g/mol. The minimum atomic E-state index is 0.737. The maximum Gasteiger partial charge on any atom is 0.159 e. The van der Waals surface area contributed by atoms with Crippen LogP contribution in [0.15, 0.2) is 4.99 Å². The minimum Gasteiger partial charge on any atom is -0.349 e. The second-order valence-electron chi connectivity index (χ2n) is 3.71. The first kappa shape index (κ1) is 11.9. The zero-order valence-corrected chi connectivity index (χ0v) is 10.4. The van der Waals surface area contributed by atoms with Crippen LogP contribution in [0.1, 0.15) is 39.5 Å². The summed E-state index contributed by atoms with van der Waals surface area (Å²) in [6, 6.07) is 0.737. The summed E-state index contributed by atoms with van der Waals surface area (Å²) in [5.41, 5.74) is 0. The molecular formula is C11H22N2S. The molecule has 0 aromatic rings. The van der Waals surface area contributed by atoms with Gasteiger partial charge in [0, 0.05) is 19.1 Å². The molecule has 0 N–H and O–H groups in total. The molecule has 2 nitrogen and oxygen atoms in total. The van der Waals surface area contributed by atoms with E-state index in [1.807, 2.05) is 0 Å². The van der Waals surface area contributed by atoms with E-state index < -0.39 is 0 Å². The summed E-state index contributed by atoms with van der Waals surface area (Å²) in [6.07, 6.45) is 7.46. The van der Waals surface area contributed by atoms with Crippen LogP contribution in [-0.4, -0.2) is 35.5 Å². The van der Waals surface area contributed by atoms with Gasteiger partial charge in [0.1, 0.15) is 0 Å². The van der Waals surface area contributed by atoms with Crippen LogP contribution in [0, 0.1) is 0 Å². The van der Waals surface area contributed by atoms with Gasteiger partial charge in [0.25, 0.3) is 0 Å². The first-order chi connectivity index (χ1) is 6.83. The molecule has 1 rings (SSSR count). The fourth-order valence-electron chi connectivity index (χ4n) is 2.08. The molecule has 0 unspecified atom stereocenters. The van der Waals surface area contributed by atoms with E-state index in [9.17, 15) is 0 Å². The van der Waals surface area contributed by atoms with E-state index >= 15 is 0 Å². The molecule has 1 aliphatic heterocycles. The van der Waals surface area contributed by atoms with Crippen molar-refractivity contribution in [2.24, 2.45) is 4.99 Å². The van der Waals surface area contributed by atoms with Gasteiger partial charge in [0.05, 0.1) is 0 Å². The summed E-state index contributed by atoms with van der Waals surface area (Å²) in [5, 5.41) is 1.25. The van der Waals surface area contributed by atoms with Gasteiger partial charge in [0.2, 0.25) is 0 Å². The fourth-order valence-corrected chi connectivity index (χ4v) is 2.82. The Labute approximate surface area is 92.2 Å². The summed E-state index contributed by atoms with van der Waals surface area (Å²) in [4.78, 5) is 7.08. The number of rotatable bonds is 2. The first-order valence-electron chi connectivity index (χ1n) is 5.68. The molecule has 0 bridgehead atoms. The van der Waals surface area contributed by atoms with Gasteiger partial charge in [0.15, 0.2) is 5.17 Å². The SMILES string of the molecule is CC/N=C(\SC)N1CCCC[C@H]1CC. The summed E-state index contributed by atoms with van der Waals surface area (Å²) >= 11 is 1.80. The monoisotopic (exact) mass is 214 g/mol. The van der Waals surface area contributed by atoms with E-state index in [4.69, 9.17) is 0 Å². The average Bonchev–Trinajstić information content (AvgIpc) is 2.26. The minimum absolute atomic E-state index is 0.737. The van der Waals surface area contributed by atoms with Crippen molar-refractivity contribution in [1.29, 1.82) is 0 Å². The Bertz CT molecular complexity index is 192. The molecule has 0 saturated carbocycles. The number of piperidine rings is 1. The van der Waals surface area contributed by atoms with Gasteiger partial charge < -0.3 is 4.90 Å². The molecule has 0 spiro atoms. The van der Waals surface area contributed by atoms with Crippen molar-refractivity contribution < 1.29 is 0 Å². The number of hydrogen-bond acceptors (Lipinski definition) is 2. The van der Waals surface area contributed by atoms with Gasteiger partial charge in [-0.15, -0.1) is 0 Å². The van der Waals surface area contributed by atoms with Crippen molar-refractivity contribution in [3.63, 3.8) is 0 Å². The lowest BCUT2D eigenvalue weighted by atomic mass is 10.0. The predicted octanol–water partition coefficient (Wildman–Crippen LogP) is 2.99. The van der Waals surface area contributed by atoms with E-state index in [0.717, 1.165) is 12.6 Å². The zero-order chi connectivity index (χ0) is 10.4. The number of amidine groups is 1. The maximum absolute atomic E-state index is 4.57. The van der Waals surface area contributed by atoms with Gasteiger partial charge >= 0.3 is 0 Å². The maximum atomic E-state index is 4.57. The summed E-state index contributed by atoms with van der Waals surface area (Å²) in [7, 11) is 0. The molecule has 82 valence electrons. The third kappa shape index (κ3) is 2.91. The highest BCUT2D eigenvalue weighted by molar-refractivity contribution is 8.13. The normalized spacial score (nSPS) is 24.1. The molecule has 3 heteroatoms. The molecule has 0 aromatic heterocycles.